The molecule has 0 aliphatic heterocycles. The molecule has 0 spiro atoms. The zero-order chi connectivity index (χ0) is 24.6. The van der Waals surface area contributed by atoms with Crippen LogP contribution >= 0.6 is 0 Å². The second kappa shape index (κ2) is 12.1. The fraction of sp³-hybridized carbons (Fsp3) is 0.630. The molecule has 1 fully saturated rings. The van der Waals surface area contributed by atoms with Crippen LogP contribution in [0.5, 0.6) is 0 Å². The predicted molar refractivity (Wildman–Crippen MR) is 130 cm³/mol. The van der Waals surface area contributed by atoms with Gasteiger partial charge in [-0.2, -0.15) is 4.98 Å². The van der Waals surface area contributed by atoms with Crippen molar-refractivity contribution in [2.24, 2.45) is 5.92 Å². The van der Waals surface area contributed by atoms with Crippen molar-refractivity contribution in [1.29, 1.82) is 0 Å². The van der Waals surface area contributed by atoms with Crippen LogP contribution in [0.4, 0.5) is 0 Å². The molecule has 3 rings (SSSR count). The van der Waals surface area contributed by atoms with Gasteiger partial charge in [0.05, 0.1) is 6.42 Å². The van der Waals surface area contributed by atoms with Crippen molar-refractivity contribution in [1.82, 2.24) is 15.0 Å². The average Bonchev–Trinajstić information content (AvgIpc) is 3.28. The molecular formula is C27H39N3O4. The summed E-state index contributed by atoms with van der Waals surface area (Å²) in [6.07, 6.45) is 9.61. The normalized spacial score (nSPS) is 15.6. The molecule has 7 nitrogen and oxygen atoms in total. The average molecular weight is 470 g/mol. The molecule has 1 heterocycles. The van der Waals surface area contributed by atoms with Gasteiger partial charge in [-0.3, -0.25) is 9.59 Å². The Morgan fingerprint density at radius 1 is 1.15 bits per heavy atom. The van der Waals surface area contributed by atoms with Gasteiger partial charge < -0.3 is 14.2 Å². The number of amides is 1. The third-order valence-corrected chi connectivity index (χ3v) is 6.31. The Bertz CT molecular complexity index is 913. The summed E-state index contributed by atoms with van der Waals surface area (Å²) in [7, 11) is 1.72. The van der Waals surface area contributed by atoms with Gasteiger partial charge in [-0.1, -0.05) is 80.4 Å². The first-order valence-electron chi connectivity index (χ1n) is 12.6. The molecule has 1 amide bonds. The molecule has 1 saturated carbocycles. The topological polar surface area (TPSA) is 85.5 Å². The fourth-order valence-corrected chi connectivity index (χ4v) is 4.61. The van der Waals surface area contributed by atoms with Crippen molar-refractivity contribution < 1.29 is 18.8 Å². The summed E-state index contributed by atoms with van der Waals surface area (Å²) in [6.45, 7) is 6.02. The zero-order valence-corrected chi connectivity index (χ0v) is 21.1. The predicted octanol–water partition coefficient (Wildman–Crippen LogP) is 5.91. The maximum atomic E-state index is 12.9. The molecule has 34 heavy (non-hydrogen) atoms. The van der Waals surface area contributed by atoms with Gasteiger partial charge in [-0.05, 0) is 38.7 Å². The number of nitrogens with zero attached hydrogens (tertiary/aromatic N) is 3. The fourth-order valence-electron chi connectivity index (χ4n) is 4.61. The van der Waals surface area contributed by atoms with Crippen molar-refractivity contribution in [3.05, 3.63) is 47.6 Å². The van der Waals surface area contributed by atoms with Gasteiger partial charge >= 0.3 is 5.97 Å². The Labute approximate surface area is 203 Å². The Morgan fingerprint density at radius 3 is 2.53 bits per heavy atom. The highest BCUT2D eigenvalue weighted by Gasteiger charge is 2.28. The van der Waals surface area contributed by atoms with Crippen LogP contribution in [0.25, 0.3) is 0 Å². The Morgan fingerprint density at radius 2 is 1.85 bits per heavy atom. The first-order chi connectivity index (χ1) is 16.2. The van der Waals surface area contributed by atoms with Crippen LogP contribution in [0, 0.1) is 5.92 Å². The molecule has 0 N–H and O–H groups in total. The SMILES string of the molecule is CN(Cc1ccccc1)C(=O)c1noc([C@H](CCCC2CCCCC2)CC(=O)OC(C)(C)C)n1. The van der Waals surface area contributed by atoms with E-state index >= 15 is 0 Å². The van der Waals surface area contributed by atoms with Gasteiger partial charge in [0.15, 0.2) is 0 Å². The molecule has 0 unspecified atom stereocenters. The van der Waals surface area contributed by atoms with Crippen molar-refractivity contribution >= 4 is 11.9 Å². The third kappa shape index (κ3) is 8.26. The van der Waals surface area contributed by atoms with E-state index in [0.717, 1.165) is 30.7 Å². The largest absolute Gasteiger partial charge is 0.460 e. The molecule has 1 atom stereocenters. The summed E-state index contributed by atoms with van der Waals surface area (Å²) in [6, 6.07) is 9.75. The van der Waals surface area contributed by atoms with Gasteiger partial charge in [-0.15, -0.1) is 0 Å². The molecule has 0 bridgehead atoms. The van der Waals surface area contributed by atoms with Gasteiger partial charge in [-0.25, -0.2) is 0 Å². The minimum Gasteiger partial charge on any atom is -0.460 e. The van der Waals surface area contributed by atoms with Crippen LogP contribution < -0.4 is 0 Å². The number of rotatable bonds is 10. The minimum absolute atomic E-state index is 0.0231. The molecule has 0 saturated heterocycles. The van der Waals surface area contributed by atoms with Crippen molar-refractivity contribution in [2.45, 2.75) is 96.6 Å². The van der Waals surface area contributed by atoms with E-state index in [-0.39, 0.29) is 30.0 Å². The molecule has 0 radical (unpaired) electrons. The first kappa shape index (κ1) is 25.9. The summed E-state index contributed by atoms with van der Waals surface area (Å²) in [5.41, 5.74) is 0.465. The van der Waals surface area contributed by atoms with Crippen LogP contribution in [0.15, 0.2) is 34.9 Å². The number of carbonyl (C=O) groups excluding carboxylic acids is 2. The lowest BCUT2D eigenvalue weighted by molar-refractivity contribution is -0.155. The van der Waals surface area contributed by atoms with Gasteiger partial charge in [0, 0.05) is 19.5 Å². The number of benzene rings is 1. The molecule has 1 aromatic heterocycles. The van der Waals surface area contributed by atoms with Crippen molar-refractivity contribution in [2.75, 3.05) is 7.05 Å². The number of ether oxygens (including phenoxy) is 1. The highest BCUT2D eigenvalue weighted by molar-refractivity contribution is 5.90. The Kier molecular flexibility index (Phi) is 9.25. The summed E-state index contributed by atoms with van der Waals surface area (Å²) < 4.78 is 11.0. The molecule has 1 aromatic carbocycles. The highest BCUT2D eigenvalue weighted by atomic mass is 16.6. The Hall–Kier alpha value is -2.70. The van der Waals surface area contributed by atoms with E-state index in [1.54, 1.807) is 11.9 Å². The smallest absolute Gasteiger partial charge is 0.307 e. The second-order valence-corrected chi connectivity index (χ2v) is 10.5. The van der Waals surface area contributed by atoms with E-state index in [9.17, 15) is 9.59 Å². The van der Waals surface area contributed by atoms with E-state index in [2.05, 4.69) is 10.1 Å². The van der Waals surface area contributed by atoms with E-state index in [1.807, 2.05) is 51.1 Å². The van der Waals surface area contributed by atoms with Crippen LogP contribution in [0.3, 0.4) is 0 Å². The lowest BCUT2D eigenvalue weighted by Crippen LogP contribution is -2.27. The number of hydrogen-bond donors (Lipinski definition) is 0. The summed E-state index contributed by atoms with van der Waals surface area (Å²) in [5, 5.41) is 3.95. The van der Waals surface area contributed by atoms with E-state index < -0.39 is 5.60 Å². The van der Waals surface area contributed by atoms with Crippen LogP contribution in [-0.2, 0) is 16.1 Å². The van der Waals surface area contributed by atoms with Gasteiger partial charge in [0.2, 0.25) is 5.89 Å². The molecule has 7 heteroatoms. The van der Waals surface area contributed by atoms with Crippen molar-refractivity contribution in [3.63, 3.8) is 0 Å². The maximum Gasteiger partial charge on any atom is 0.307 e. The van der Waals surface area contributed by atoms with Gasteiger partial charge in [0.1, 0.15) is 5.60 Å². The van der Waals surface area contributed by atoms with Crippen LogP contribution in [0.1, 0.15) is 107 Å². The van der Waals surface area contributed by atoms with E-state index in [4.69, 9.17) is 9.26 Å². The maximum absolute atomic E-state index is 12.9. The standard InChI is InChI=1S/C27H39N3O4/c1-27(2,3)33-23(31)18-22(17-11-16-20-12-7-5-8-13-20)25-28-24(29-34-25)26(32)30(4)19-21-14-9-6-10-15-21/h6,9-10,14-15,20,22H,5,7-8,11-13,16-19H2,1-4H3/t22-/m1/s1. The number of hydrogen-bond acceptors (Lipinski definition) is 6. The lowest BCUT2D eigenvalue weighted by atomic mass is 9.84. The highest BCUT2D eigenvalue weighted by Crippen LogP contribution is 2.31. The molecule has 1 aliphatic rings. The lowest BCUT2D eigenvalue weighted by Gasteiger charge is -2.23. The van der Waals surface area contributed by atoms with E-state index in [0.29, 0.717) is 12.4 Å². The first-order valence-corrected chi connectivity index (χ1v) is 12.6. The molecule has 2 aromatic rings. The van der Waals surface area contributed by atoms with Crippen LogP contribution in [-0.4, -0.2) is 39.6 Å². The summed E-state index contributed by atoms with van der Waals surface area (Å²) in [4.78, 5) is 31.4. The number of aromatic nitrogens is 2. The molecule has 1 aliphatic carbocycles. The van der Waals surface area contributed by atoms with Crippen molar-refractivity contribution in [3.8, 4) is 0 Å². The summed E-state index contributed by atoms with van der Waals surface area (Å²) in [5.74, 6) is 0.273. The number of carbonyl (C=O) groups is 2. The minimum atomic E-state index is -0.556. The Balaban J connectivity index is 1.65. The third-order valence-electron chi connectivity index (χ3n) is 6.31. The molecule has 186 valence electrons. The quantitative estimate of drug-likeness (QED) is 0.402. The molecular weight excluding hydrogens is 430 g/mol. The monoisotopic (exact) mass is 469 g/mol. The zero-order valence-electron chi connectivity index (χ0n) is 21.1. The van der Waals surface area contributed by atoms with Gasteiger partial charge in [0.25, 0.3) is 11.7 Å². The van der Waals surface area contributed by atoms with Crippen LogP contribution in [0.2, 0.25) is 0 Å². The van der Waals surface area contributed by atoms with E-state index in [1.165, 1.54) is 32.1 Å². The number of esters is 1. The summed E-state index contributed by atoms with van der Waals surface area (Å²) >= 11 is 0. The second-order valence-electron chi connectivity index (χ2n) is 10.5.